The molecule has 1 rings (SSSR count). The van der Waals surface area contributed by atoms with Crippen molar-refractivity contribution in [2.45, 2.75) is 52.6 Å². The molecule has 0 radical (unpaired) electrons. The summed E-state index contributed by atoms with van der Waals surface area (Å²) in [7, 11) is 0. The van der Waals surface area contributed by atoms with Gasteiger partial charge in [-0.2, -0.15) is 0 Å². The van der Waals surface area contributed by atoms with Crippen LogP contribution in [-0.2, 0) is 4.79 Å². The molecule has 2 N–H and O–H groups in total. The van der Waals surface area contributed by atoms with Gasteiger partial charge in [-0.15, -0.1) is 0 Å². The van der Waals surface area contributed by atoms with E-state index in [1.54, 1.807) is 0 Å². The first-order chi connectivity index (χ1) is 8.78. The third-order valence-electron chi connectivity index (χ3n) is 2.89. The van der Waals surface area contributed by atoms with Crippen molar-refractivity contribution in [1.29, 1.82) is 0 Å². The Morgan fingerprint density at radius 2 is 1.79 bits per heavy atom. The van der Waals surface area contributed by atoms with Crippen LogP contribution in [0.2, 0.25) is 0 Å². The first-order valence-corrected chi connectivity index (χ1v) is 6.89. The number of carbonyl (C=O) groups excluding carboxylic acids is 1. The second-order valence-electron chi connectivity index (χ2n) is 6.13. The maximum absolute atomic E-state index is 11.7. The molecule has 1 aromatic rings. The fraction of sp³-hybridized carbons (Fsp3) is 0.562. The number of aryl methyl sites for hydroxylation is 1. The minimum atomic E-state index is -0.153. The molecule has 0 aliphatic heterocycles. The number of carbonyl (C=O) groups is 1. The van der Waals surface area contributed by atoms with Crippen LogP contribution in [-0.4, -0.2) is 18.0 Å². The lowest BCUT2D eigenvalue weighted by atomic mass is 10.1. The normalized spacial score (nSPS) is 13.1. The van der Waals surface area contributed by atoms with E-state index in [4.69, 9.17) is 0 Å². The average Bonchev–Trinajstić information content (AvgIpc) is 2.27. The highest BCUT2D eigenvalue weighted by Gasteiger charge is 2.13. The van der Waals surface area contributed by atoms with Gasteiger partial charge in [0.25, 0.3) is 0 Å². The van der Waals surface area contributed by atoms with Gasteiger partial charge in [0, 0.05) is 24.5 Å². The molecule has 1 aromatic carbocycles. The maximum atomic E-state index is 11.7. The molecular weight excluding hydrogens is 236 g/mol. The SMILES string of the molecule is Cc1ccc(C(C)NCCC(=O)NC(C)(C)C)cc1. The molecule has 0 heterocycles. The minimum absolute atomic E-state index is 0.0936. The largest absolute Gasteiger partial charge is 0.351 e. The molecule has 0 bridgehead atoms. The summed E-state index contributed by atoms with van der Waals surface area (Å²) in [6, 6.07) is 8.74. The lowest BCUT2D eigenvalue weighted by Crippen LogP contribution is -2.41. The summed E-state index contributed by atoms with van der Waals surface area (Å²) in [6.07, 6.45) is 0.507. The smallest absolute Gasteiger partial charge is 0.221 e. The quantitative estimate of drug-likeness (QED) is 0.856. The van der Waals surface area contributed by atoms with Crippen molar-refractivity contribution in [3.8, 4) is 0 Å². The fourth-order valence-corrected chi connectivity index (χ4v) is 1.86. The van der Waals surface area contributed by atoms with Crippen LogP contribution >= 0.6 is 0 Å². The predicted octanol–water partition coefficient (Wildman–Crippen LogP) is 2.95. The third kappa shape index (κ3) is 6.39. The van der Waals surface area contributed by atoms with Crippen molar-refractivity contribution in [1.82, 2.24) is 10.6 Å². The van der Waals surface area contributed by atoms with E-state index in [9.17, 15) is 4.79 Å². The molecule has 19 heavy (non-hydrogen) atoms. The maximum Gasteiger partial charge on any atom is 0.221 e. The number of benzene rings is 1. The van der Waals surface area contributed by atoms with E-state index in [0.717, 1.165) is 0 Å². The molecule has 1 unspecified atom stereocenters. The highest BCUT2D eigenvalue weighted by molar-refractivity contribution is 5.76. The number of hydrogen-bond acceptors (Lipinski definition) is 2. The van der Waals surface area contributed by atoms with Crippen molar-refractivity contribution in [3.05, 3.63) is 35.4 Å². The molecule has 0 saturated heterocycles. The van der Waals surface area contributed by atoms with Gasteiger partial charge >= 0.3 is 0 Å². The molecule has 0 saturated carbocycles. The Hall–Kier alpha value is -1.35. The highest BCUT2D eigenvalue weighted by atomic mass is 16.1. The van der Waals surface area contributed by atoms with Gasteiger partial charge in [0.15, 0.2) is 0 Å². The van der Waals surface area contributed by atoms with Crippen LogP contribution in [0.15, 0.2) is 24.3 Å². The molecule has 0 fully saturated rings. The predicted molar refractivity (Wildman–Crippen MR) is 80.1 cm³/mol. The van der Waals surface area contributed by atoms with Crippen molar-refractivity contribution < 1.29 is 4.79 Å². The zero-order valence-corrected chi connectivity index (χ0v) is 12.7. The van der Waals surface area contributed by atoms with Crippen LogP contribution in [0, 0.1) is 6.92 Å². The number of hydrogen-bond donors (Lipinski definition) is 2. The van der Waals surface area contributed by atoms with Crippen LogP contribution < -0.4 is 10.6 Å². The number of nitrogens with one attached hydrogen (secondary N) is 2. The zero-order valence-electron chi connectivity index (χ0n) is 12.7. The number of rotatable bonds is 5. The van der Waals surface area contributed by atoms with Crippen molar-refractivity contribution in [2.75, 3.05) is 6.54 Å². The van der Waals surface area contributed by atoms with E-state index in [-0.39, 0.29) is 17.5 Å². The Bertz CT molecular complexity index is 404. The fourth-order valence-electron chi connectivity index (χ4n) is 1.86. The Kier molecular flexibility index (Phi) is 5.55. The molecule has 0 aliphatic carbocycles. The topological polar surface area (TPSA) is 41.1 Å². The van der Waals surface area contributed by atoms with Crippen LogP contribution in [0.5, 0.6) is 0 Å². The summed E-state index contributed by atoms with van der Waals surface area (Å²) in [5.41, 5.74) is 2.36. The monoisotopic (exact) mass is 262 g/mol. The van der Waals surface area contributed by atoms with Crippen LogP contribution in [0.1, 0.15) is 51.3 Å². The number of amides is 1. The molecule has 0 aliphatic rings. The Morgan fingerprint density at radius 3 is 2.32 bits per heavy atom. The van der Waals surface area contributed by atoms with Gasteiger partial charge in [-0.25, -0.2) is 0 Å². The van der Waals surface area contributed by atoms with Gasteiger partial charge in [-0.05, 0) is 40.2 Å². The Labute approximate surface area is 116 Å². The van der Waals surface area contributed by atoms with E-state index >= 15 is 0 Å². The van der Waals surface area contributed by atoms with E-state index in [2.05, 4.69) is 48.7 Å². The third-order valence-corrected chi connectivity index (χ3v) is 2.89. The lowest BCUT2D eigenvalue weighted by Gasteiger charge is -2.21. The molecule has 106 valence electrons. The van der Waals surface area contributed by atoms with Crippen LogP contribution in [0.25, 0.3) is 0 Å². The van der Waals surface area contributed by atoms with Gasteiger partial charge in [0.05, 0.1) is 0 Å². The molecule has 1 amide bonds. The standard InChI is InChI=1S/C16H26N2O/c1-12-6-8-14(9-7-12)13(2)17-11-10-15(19)18-16(3,4)5/h6-9,13,17H,10-11H2,1-5H3,(H,18,19). The Morgan fingerprint density at radius 1 is 1.21 bits per heavy atom. The molecule has 1 atom stereocenters. The van der Waals surface area contributed by atoms with Gasteiger partial charge < -0.3 is 10.6 Å². The summed E-state index contributed by atoms with van der Waals surface area (Å²) >= 11 is 0. The summed E-state index contributed by atoms with van der Waals surface area (Å²) < 4.78 is 0. The van der Waals surface area contributed by atoms with E-state index in [0.29, 0.717) is 13.0 Å². The first kappa shape index (κ1) is 15.7. The van der Waals surface area contributed by atoms with Crippen molar-refractivity contribution >= 4 is 5.91 Å². The van der Waals surface area contributed by atoms with Crippen LogP contribution in [0.4, 0.5) is 0 Å². The van der Waals surface area contributed by atoms with E-state index in [1.165, 1.54) is 11.1 Å². The summed E-state index contributed by atoms with van der Waals surface area (Å²) in [4.78, 5) is 11.7. The second-order valence-corrected chi connectivity index (χ2v) is 6.13. The molecule has 3 heteroatoms. The summed E-state index contributed by atoms with van der Waals surface area (Å²) in [6.45, 7) is 10.9. The highest BCUT2D eigenvalue weighted by Crippen LogP contribution is 2.12. The molecule has 3 nitrogen and oxygen atoms in total. The summed E-state index contributed by atoms with van der Waals surface area (Å²) in [5.74, 6) is 0.0936. The van der Waals surface area contributed by atoms with Crippen LogP contribution in [0.3, 0.4) is 0 Å². The first-order valence-electron chi connectivity index (χ1n) is 6.89. The second kappa shape index (κ2) is 6.71. The average molecular weight is 262 g/mol. The summed E-state index contributed by atoms with van der Waals surface area (Å²) in [5, 5.41) is 6.34. The lowest BCUT2D eigenvalue weighted by molar-refractivity contribution is -0.122. The van der Waals surface area contributed by atoms with E-state index < -0.39 is 0 Å². The molecule has 0 aromatic heterocycles. The van der Waals surface area contributed by atoms with Gasteiger partial charge in [-0.1, -0.05) is 29.8 Å². The van der Waals surface area contributed by atoms with Crippen molar-refractivity contribution in [2.24, 2.45) is 0 Å². The molecule has 0 spiro atoms. The van der Waals surface area contributed by atoms with Crippen molar-refractivity contribution in [3.63, 3.8) is 0 Å². The Balaban J connectivity index is 2.33. The zero-order chi connectivity index (χ0) is 14.5. The van der Waals surface area contributed by atoms with Gasteiger partial charge in [0.2, 0.25) is 5.91 Å². The molecular formula is C16H26N2O. The van der Waals surface area contributed by atoms with Gasteiger partial charge in [-0.3, -0.25) is 4.79 Å². The van der Waals surface area contributed by atoms with Gasteiger partial charge in [0.1, 0.15) is 0 Å². The van der Waals surface area contributed by atoms with E-state index in [1.807, 2.05) is 20.8 Å². The minimum Gasteiger partial charge on any atom is -0.351 e.